The number of carbonyl (C=O) groups excluding carboxylic acids is 1. The lowest BCUT2D eigenvalue weighted by Crippen LogP contribution is -2.63. The van der Waals surface area contributed by atoms with Crippen LogP contribution in [0.25, 0.3) is 0 Å². The van der Waals surface area contributed by atoms with Gasteiger partial charge in [-0.1, -0.05) is 18.7 Å². The first-order valence-corrected chi connectivity index (χ1v) is 5.95. The third-order valence-corrected chi connectivity index (χ3v) is 4.21. The molecule has 0 N–H and O–H groups in total. The Morgan fingerprint density at radius 2 is 1.40 bits per heavy atom. The van der Waals surface area contributed by atoms with Gasteiger partial charge in [0.1, 0.15) is 0 Å². The minimum atomic E-state index is -6.90. The summed E-state index contributed by atoms with van der Waals surface area (Å²) in [6.45, 7) is 1.09. The van der Waals surface area contributed by atoms with Gasteiger partial charge in [-0.2, -0.15) is 39.5 Å². The first kappa shape index (κ1) is 17.4. The van der Waals surface area contributed by atoms with E-state index >= 15 is 0 Å². The molecule has 1 aliphatic rings. The zero-order chi connectivity index (χ0) is 16.1. The van der Waals surface area contributed by atoms with E-state index in [4.69, 9.17) is 0 Å². The molecule has 118 valence electrons. The molecule has 1 fully saturated rings. The van der Waals surface area contributed by atoms with Gasteiger partial charge in [-0.05, 0) is 6.42 Å². The summed E-state index contributed by atoms with van der Waals surface area (Å²) in [7, 11) is 0. The molecule has 0 aliphatic carbocycles. The molecular weight excluding hydrogens is 327 g/mol. The van der Waals surface area contributed by atoms with Crippen LogP contribution >= 0.6 is 11.8 Å². The Morgan fingerprint density at radius 3 is 1.70 bits per heavy atom. The van der Waals surface area contributed by atoms with Gasteiger partial charge in [0.25, 0.3) is 0 Å². The van der Waals surface area contributed by atoms with Crippen LogP contribution in [-0.4, -0.2) is 34.3 Å². The van der Waals surface area contributed by atoms with Gasteiger partial charge in [-0.3, -0.25) is 4.79 Å². The number of alkyl halides is 9. The molecule has 0 aromatic rings. The third kappa shape index (κ3) is 2.37. The normalized spacial score (nSPS) is 26.2. The van der Waals surface area contributed by atoms with Gasteiger partial charge in [0.15, 0.2) is 5.12 Å². The third-order valence-electron chi connectivity index (χ3n) is 2.80. The van der Waals surface area contributed by atoms with Crippen LogP contribution < -0.4 is 0 Å². The van der Waals surface area contributed by atoms with Crippen molar-refractivity contribution in [2.45, 2.75) is 42.5 Å². The number of hydrogen-bond acceptors (Lipinski definition) is 2. The topological polar surface area (TPSA) is 17.1 Å². The molecule has 0 bridgehead atoms. The zero-order valence-corrected chi connectivity index (χ0v) is 10.4. The summed E-state index contributed by atoms with van der Waals surface area (Å²) >= 11 is -0.335. The van der Waals surface area contributed by atoms with Crippen molar-refractivity contribution in [2.75, 3.05) is 0 Å². The molecule has 0 saturated carbocycles. The fraction of sp³-hybridized carbons (Fsp3) is 0.889. The molecule has 2 unspecified atom stereocenters. The average molecular weight is 334 g/mol. The van der Waals surface area contributed by atoms with Crippen molar-refractivity contribution < 1.29 is 44.3 Å². The second-order valence-corrected chi connectivity index (χ2v) is 5.54. The average Bonchev–Trinajstić information content (AvgIpc) is 2.57. The molecule has 0 radical (unpaired) electrons. The Morgan fingerprint density at radius 1 is 0.950 bits per heavy atom. The van der Waals surface area contributed by atoms with Crippen molar-refractivity contribution >= 4 is 16.9 Å². The highest BCUT2D eigenvalue weighted by atomic mass is 32.2. The SMILES string of the molecule is CC1CC(C(F)(F)C(F)(F)C(F)(F)C(F)(F)F)SC1=O. The maximum atomic E-state index is 13.4. The highest BCUT2D eigenvalue weighted by Gasteiger charge is 2.83. The molecule has 20 heavy (non-hydrogen) atoms. The van der Waals surface area contributed by atoms with E-state index in [2.05, 4.69) is 0 Å². The molecule has 1 rings (SSSR count). The Kier molecular flexibility index (Phi) is 4.10. The minimum Gasteiger partial charge on any atom is -0.287 e. The largest absolute Gasteiger partial charge is 0.460 e. The molecule has 11 heteroatoms. The number of halogens is 9. The maximum absolute atomic E-state index is 13.4. The lowest BCUT2D eigenvalue weighted by atomic mass is 9.96. The highest BCUT2D eigenvalue weighted by Crippen LogP contribution is 2.57. The van der Waals surface area contributed by atoms with Gasteiger partial charge in [0.2, 0.25) is 0 Å². The summed E-state index contributed by atoms with van der Waals surface area (Å²) in [4.78, 5) is 11.0. The smallest absolute Gasteiger partial charge is 0.287 e. The van der Waals surface area contributed by atoms with Crippen LogP contribution in [0.2, 0.25) is 0 Å². The summed E-state index contributed by atoms with van der Waals surface area (Å²) in [6, 6.07) is 0. The van der Waals surface area contributed by atoms with Gasteiger partial charge in [-0.15, -0.1) is 0 Å². The van der Waals surface area contributed by atoms with Crippen molar-refractivity contribution in [3.63, 3.8) is 0 Å². The van der Waals surface area contributed by atoms with Gasteiger partial charge >= 0.3 is 23.9 Å². The molecule has 1 saturated heterocycles. The van der Waals surface area contributed by atoms with Crippen molar-refractivity contribution in [1.29, 1.82) is 0 Å². The monoisotopic (exact) mass is 334 g/mol. The van der Waals surface area contributed by atoms with E-state index in [9.17, 15) is 44.3 Å². The van der Waals surface area contributed by atoms with Gasteiger partial charge < -0.3 is 0 Å². The van der Waals surface area contributed by atoms with E-state index < -0.39 is 46.6 Å². The summed E-state index contributed by atoms with van der Waals surface area (Å²) in [5.41, 5.74) is 0. The summed E-state index contributed by atoms with van der Waals surface area (Å²) in [5.74, 6) is -20.4. The first-order valence-electron chi connectivity index (χ1n) is 5.07. The van der Waals surface area contributed by atoms with E-state index in [-0.39, 0.29) is 11.8 Å². The summed E-state index contributed by atoms with van der Waals surface area (Å²) < 4.78 is 114. The van der Waals surface area contributed by atoms with E-state index in [0.29, 0.717) is 0 Å². The Hall–Kier alpha value is -0.610. The molecule has 0 aromatic carbocycles. The predicted octanol–water partition coefficient (Wildman–Crippen LogP) is 4.12. The zero-order valence-electron chi connectivity index (χ0n) is 9.58. The van der Waals surface area contributed by atoms with E-state index in [0.717, 1.165) is 6.92 Å². The molecular formula is C9H7F9OS. The summed E-state index contributed by atoms with van der Waals surface area (Å²) in [5, 5.41) is -3.59. The number of rotatable bonds is 3. The molecule has 0 spiro atoms. The van der Waals surface area contributed by atoms with E-state index in [1.807, 2.05) is 0 Å². The Bertz CT molecular complexity index is 403. The van der Waals surface area contributed by atoms with Crippen LogP contribution in [-0.2, 0) is 4.79 Å². The second kappa shape index (κ2) is 4.70. The lowest BCUT2D eigenvalue weighted by molar-refractivity contribution is -0.395. The molecule has 2 atom stereocenters. The number of thioether (sulfide) groups is 1. The van der Waals surface area contributed by atoms with Crippen molar-refractivity contribution in [3.8, 4) is 0 Å². The molecule has 0 amide bonds. The van der Waals surface area contributed by atoms with Crippen molar-refractivity contribution in [3.05, 3.63) is 0 Å². The summed E-state index contributed by atoms with van der Waals surface area (Å²) in [6.07, 6.45) is -7.74. The van der Waals surface area contributed by atoms with Crippen molar-refractivity contribution in [2.24, 2.45) is 5.92 Å². The number of carbonyl (C=O) groups is 1. The maximum Gasteiger partial charge on any atom is 0.460 e. The Labute approximate surface area is 110 Å². The van der Waals surface area contributed by atoms with E-state index in [1.165, 1.54) is 0 Å². The van der Waals surface area contributed by atoms with Crippen LogP contribution in [0, 0.1) is 5.92 Å². The van der Waals surface area contributed by atoms with Crippen molar-refractivity contribution in [1.82, 2.24) is 0 Å². The predicted molar refractivity (Wildman–Crippen MR) is 51.1 cm³/mol. The minimum absolute atomic E-state index is 0.335. The first-order chi connectivity index (χ1) is 8.66. The fourth-order valence-electron chi connectivity index (χ4n) is 1.53. The quantitative estimate of drug-likeness (QED) is 0.722. The van der Waals surface area contributed by atoms with Crippen LogP contribution in [0.1, 0.15) is 13.3 Å². The molecule has 1 nitrogen and oxygen atoms in total. The second-order valence-electron chi connectivity index (χ2n) is 4.33. The van der Waals surface area contributed by atoms with Crippen LogP contribution in [0.4, 0.5) is 39.5 Å². The standard InChI is InChI=1S/C9H7F9OS/c1-3-2-4(20-5(3)19)6(10,11)7(12,13)8(14,15)9(16,17)18/h3-4H,2H2,1H3. The number of hydrogen-bond donors (Lipinski definition) is 0. The van der Waals surface area contributed by atoms with Gasteiger partial charge in [0.05, 0.1) is 5.25 Å². The fourth-order valence-corrected chi connectivity index (χ4v) is 2.82. The van der Waals surface area contributed by atoms with Gasteiger partial charge in [0, 0.05) is 5.92 Å². The van der Waals surface area contributed by atoms with Crippen LogP contribution in [0.5, 0.6) is 0 Å². The molecule has 1 aliphatic heterocycles. The Balaban J connectivity index is 3.16. The lowest BCUT2D eigenvalue weighted by Gasteiger charge is -2.35. The molecule has 1 heterocycles. The molecule has 0 aromatic heterocycles. The van der Waals surface area contributed by atoms with Crippen LogP contribution in [0.3, 0.4) is 0 Å². The highest BCUT2D eigenvalue weighted by molar-refractivity contribution is 8.14. The van der Waals surface area contributed by atoms with Crippen LogP contribution in [0.15, 0.2) is 0 Å². The van der Waals surface area contributed by atoms with E-state index in [1.54, 1.807) is 0 Å². The van der Waals surface area contributed by atoms with Gasteiger partial charge in [-0.25, -0.2) is 0 Å².